The van der Waals surface area contributed by atoms with Crippen molar-refractivity contribution in [3.8, 4) is 0 Å². The van der Waals surface area contributed by atoms with Gasteiger partial charge in [-0.05, 0) is 48.2 Å². The Labute approximate surface area is 146 Å². The lowest BCUT2D eigenvalue weighted by Gasteiger charge is -2.24. The van der Waals surface area contributed by atoms with Crippen LogP contribution in [0.4, 0.5) is 4.79 Å². The van der Waals surface area contributed by atoms with Crippen molar-refractivity contribution in [1.82, 2.24) is 15.3 Å². The largest absolute Gasteiger partial charge is 0.465 e. The maximum Gasteiger partial charge on any atom is 0.405 e. The molecule has 0 radical (unpaired) electrons. The van der Waals surface area contributed by atoms with E-state index >= 15 is 0 Å². The number of carbonyl (C=O) groups excluding carboxylic acids is 2. The molecule has 2 heterocycles. The topological polar surface area (TPSA) is 122 Å². The number of hydrogen-bond acceptors (Lipinski definition) is 4. The fourth-order valence-electron chi connectivity index (χ4n) is 2.25. The van der Waals surface area contributed by atoms with Crippen molar-refractivity contribution in [2.45, 2.75) is 38.5 Å². The standard InChI is InChI=1S/C14H19BrN4O5/c1-8(16-14(22)23)12(20)18-19-6-5-9(15)11(19)13(21)17-10-4-2-3-7-24-10/h5-6,8,10,16H,2-4,7H2,1H3,(H,17,21)(H,18,20)(H,22,23)/t8-,10?/m0/s1. The monoisotopic (exact) mass is 402 g/mol. The molecule has 1 fully saturated rings. The number of nitrogens with zero attached hydrogens (tertiary/aromatic N) is 1. The van der Waals surface area contributed by atoms with Gasteiger partial charge in [0.1, 0.15) is 18.0 Å². The normalized spacial score (nSPS) is 18.5. The third-order valence-corrected chi connectivity index (χ3v) is 4.13. The van der Waals surface area contributed by atoms with Crippen LogP contribution in [0.1, 0.15) is 36.7 Å². The lowest BCUT2D eigenvalue weighted by molar-refractivity contribution is -0.118. The summed E-state index contributed by atoms with van der Waals surface area (Å²) in [7, 11) is 0. The Balaban J connectivity index is 2.05. The van der Waals surface area contributed by atoms with Crippen LogP contribution < -0.4 is 16.1 Å². The molecule has 0 aromatic carbocycles. The molecular weight excluding hydrogens is 384 g/mol. The Hall–Kier alpha value is -2.07. The van der Waals surface area contributed by atoms with E-state index in [9.17, 15) is 14.4 Å². The third-order valence-electron chi connectivity index (χ3n) is 3.49. The van der Waals surface area contributed by atoms with Crippen LogP contribution in [0.3, 0.4) is 0 Å². The molecule has 0 bridgehead atoms. The summed E-state index contributed by atoms with van der Waals surface area (Å²) in [6.07, 6.45) is 2.50. The summed E-state index contributed by atoms with van der Waals surface area (Å²) in [4.78, 5) is 35.0. The first-order valence-electron chi connectivity index (χ1n) is 7.48. The van der Waals surface area contributed by atoms with Crippen LogP contribution in [0, 0.1) is 0 Å². The number of ether oxygens (including phenoxy) is 1. The second kappa shape index (κ2) is 8.15. The first-order valence-corrected chi connectivity index (χ1v) is 8.27. The second-order valence-electron chi connectivity index (χ2n) is 5.36. The van der Waals surface area contributed by atoms with E-state index in [1.54, 1.807) is 6.07 Å². The number of carbonyl (C=O) groups is 3. The highest BCUT2D eigenvalue weighted by molar-refractivity contribution is 9.10. The molecule has 2 atom stereocenters. The van der Waals surface area contributed by atoms with Crippen molar-refractivity contribution in [1.29, 1.82) is 0 Å². The molecule has 1 saturated heterocycles. The van der Waals surface area contributed by atoms with Gasteiger partial charge in [0.15, 0.2) is 0 Å². The number of halogens is 1. The van der Waals surface area contributed by atoms with Gasteiger partial charge in [-0.2, -0.15) is 0 Å². The van der Waals surface area contributed by atoms with Crippen LogP contribution >= 0.6 is 15.9 Å². The molecule has 1 unspecified atom stereocenters. The Bertz CT molecular complexity index is 627. The highest BCUT2D eigenvalue weighted by Gasteiger charge is 2.23. The van der Waals surface area contributed by atoms with Crippen molar-refractivity contribution in [2.24, 2.45) is 0 Å². The van der Waals surface area contributed by atoms with Gasteiger partial charge in [-0.15, -0.1) is 0 Å². The first-order chi connectivity index (χ1) is 11.4. The molecule has 1 aliphatic heterocycles. The van der Waals surface area contributed by atoms with Crippen molar-refractivity contribution >= 4 is 33.8 Å². The quantitative estimate of drug-likeness (QED) is 0.589. The zero-order valence-corrected chi connectivity index (χ0v) is 14.6. The van der Waals surface area contributed by atoms with Crippen LogP contribution in [-0.2, 0) is 9.53 Å². The van der Waals surface area contributed by atoms with Gasteiger partial charge in [0.05, 0.1) is 4.47 Å². The number of hydrogen-bond donors (Lipinski definition) is 4. The summed E-state index contributed by atoms with van der Waals surface area (Å²) in [6.45, 7) is 2.00. The highest BCUT2D eigenvalue weighted by atomic mass is 79.9. The number of rotatable bonds is 5. The highest BCUT2D eigenvalue weighted by Crippen LogP contribution is 2.18. The number of amides is 3. The maximum atomic E-state index is 12.4. The minimum atomic E-state index is -1.31. The molecule has 0 spiro atoms. The number of aromatic nitrogens is 1. The summed E-state index contributed by atoms with van der Waals surface area (Å²) in [5.74, 6) is -0.999. The molecule has 24 heavy (non-hydrogen) atoms. The van der Waals surface area contributed by atoms with Crippen LogP contribution in [0.25, 0.3) is 0 Å². The van der Waals surface area contributed by atoms with Crippen LogP contribution in [0.15, 0.2) is 16.7 Å². The fraction of sp³-hybridized carbons (Fsp3) is 0.500. The van der Waals surface area contributed by atoms with Gasteiger partial charge in [-0.3, -0.25) is 19.7 Å². The molecule has 0 saturated carbocycles. The molecule has 2 rings (SSSR count). The van der Waals surface area contributed by atoms with Crippen molar-refractivity contribution in [3.05, 3.63) is 22.4 Å². The van der Waals surface area contributed by atoms with Crippen molar-refractivity contribution < 1.29 is 24.2 Å². The van der Waals surface area contributed by atoms with Gasteiger partial charge >= 0.3 is 6.09 Å². The summed E-state index contributed by atoms with van der Waals surface area (Å²) < 4.78 is 7.21. The van der Waals surface area contributed by atoms with Gasteiger partial charge < -0.3 is 20.5 Å². The summed E-state index contributed by atoms with van der Waals surface area (Å²) in [5, 5.41) is 13.5. The van der Waals surface area contributed by atoms with Crippen LogP contribution in [-0.4, -0.2) is 46.6 Å². The Morgan fingerprint density at radius 2 is 2.17 bits per heavy atom. The predicted octanol–water partition coefficient (Wildman–Crippen LogP) is 1.23. The van der Waals surface area contributed by atoms with Gasteiger partial charge in [0, 0.05) is 12.8 Å². The van der Waals surface area contributed by atoms with E-state index in [2.05, 4.69) is 26.7 Å². The molecule has 1 aliphatic rings. The van der Waals surface area contributed by atoms with Gasteiger partial charge in [-0.25, -0.2) is 4.79 Å². The van der Waals surface area contributed by atoms with E-state index in [1.165, 1.54) is 17.8 Å². The van der Waals surface area contributed by atoms with E-state index in [-0.39, 0.29) is 11.9 Å². The average Bonchev–Trinajstić information content (AvgIpc) is 2.88. The first kappa shape index (κ1) is 18.3. The Morgan fingerprint density at radius 1 is 1.42 bits per heavy atom. The molecule has 1 aromatic heterocycles. The SMILES string of the molecule is C[C@H](NC(=O)O)C(=O)Nn1ccc(Br)c1C(=O)NC1CCCCO1. The number of carboxylic acid groups (broad SMARTS) is 1. The summed E-state index contributed by atoms with van der Waals surface area (Å²) in [6, 6.07) is 0.632. The van der Waals surface area contributed by atoms with Crippen LogP contribution in [0.2, 0.25) is 0 Å². The van der Waals surface area contributed by atoms with Crippen LogP contribution in [0.5, 0.6) is 0 Å². The second-order valence-corrected chi connectivity index (χ2v) is 6.21. The van der Waals surface area contributed by atoms with Gasteiger partial charge in [0.2, 0.25) is 0 Å². The number of nitrogens with one attached hydrogen (secondary N) is 3. The van der Waals surface area contributed by atoms with Gasteiger partial charge in [-0.1, -0.05) is 0 Å². The zero-order valence-electron chi connectivity index (χ0n) is 13.0. The minimum Gasteiger partial charge on any atom is -0.465 e. The minimum absolute atomic E-state index is 0.194. The molecular formula is C14H19BrN4O5. The van der Waals surface area contributed by atoms with Crippen molar-refractivity contribution in [2.75, 3.05) is 12.0 Å². The Kier molecular flexibility index (Phi) is 6.21. The summed E-state index contributed by atoms with van der Waals surface area (Å²) >= 11 is 3.27. The molecule has 1 aromatic rings. The van der Waals surface area contributed by atoms with E-state index in [0.29, 0.717) is 11.1 Å². The predicted molar refractivity (Wildman–Crippen MR) is 88.2 cm³/mol. The fourth-order valence-corrected chi connectivity index (χ4v) is 2.74. The molecule has 3 amide bonds. The molecule has 4 N–H and O–H groups in total. The summed E-state index contributed by atoms with van der Waals surface area (Å²) in [5.41, 5.74) is 2.67. The lowest BCUT2D eigenvalue weighted by atomic mass is 10.2. The van der Waals surface area contributed by atoms with E-state index < -0.39 is 23.9 Å². The maximum absolute atomic E-state index is 12.4. The average molecular weight is 403 g/mol. The zero-order chi connectivity index (χ0) is 17.7. The molecule has 132 valence electrons. The van der Waals surface area contributed by atoms with E-state index in [4.69, 9.17) is 9.84 Å². The van der Waals surface area contributed by atoms with Crippen molar-refractivity contribution in [3.63, 3.8) is 0 Å². The van der Waals surface area contributed by atoms with E-state index in [1.807, 2.05) is 5.32 Å². The molecule has 0 aliphatic carbocycles. The van der Waals surface area contributed by atoms with Gasteiger partial charge in [0.25, 0.3) is 11.8 Å². The third kappa shape index (κ3) is 4.71. The molecule has 10 heteroatoms. The van der Waals surface area contributed by atoms with E-state index in [0.717, 1.165) is 19.3 Å². The lowest BCUT2D eigenvalue weighted by Crippen LogP contribution is -2.45. The smallest absolute Gasteiger partial charge is 0.405 e. The Morgan fingerprint density at radius 3 is 2.79 bits per heavy atom. The molecule has 9 nitrogen and oxygen atoms in total.